The molecule has 0 atom stereocenters. The van der Waals surface area contributed by atoms with Crippen LogP contribution in [-0.2, 0) is 6.18 Å². The molecular weight excluding hydrogens is 377 g/mol. The van der Waals surface area contributed by atoms with E-state index in [-0.39, 0.29) is 11.9 Å². The molecular formula is C19H17F3N2O2S. The molecule has 1 fully saturated rings. The van der Waals surface area contributed by atoms with Gasteiger partial charge in [0.25, 0.3) is 0 Å². The second kappa shape index (κ2) is 6.92. The molecule has 3 aromatic rings. The lowest BCUT2D eigenvalue weighted by atomic mass is 10.1. The van der Waals surface area contributed by atoms with Crippen molar-refractivity contribution in [3.63, 3.8) is 0 Å². The van der Waals surface area contributed by atoms with E-state index in [0.717, 1.165) is 47.9 Å². The fourth-order valence-corrected chi connectivity index (χ4v) is 4.18. The van der Waals surface area contributed by atoms with Crippen LogP contribution in [0.25, 0.3) is 10.2 Å². The van der Waals surface area contributed by atoms with Crippen molar-refractivity contribution < 1.29 is 23.0 Å². The maximum absolute atomic E-state index is 12.6. The van der Waals surface area contributed by atoms with Crippen molar-refractivity contribution in [2.24, 2.45) is 0 Å². The molecule has 142 valence electrons. The molecule has 0 radical (unpaired) electrons. The number of phenolic OH excluding ortho intramolecular Hbond substituents is 1. The van der Waals surface area contributed by atoms with E-state index in [1.807, 2.05) is 6.07 Å². The van der Waals surface area contributed by atoms with Gasteiger partial charge in [0, 0.05) is 25.9 Å². The molecule has 1 N–H and O–H groups in total. The van der Waals surface area contributed by atoms with Crippen LogP contribution in [0.5, 0.6) is 11.5 Å². The number of fused-ring (bicyclic) bond motifs is 1. The minimum Gasteiger partial charge on any atom is -0.506 e. The van der Waals surface area contributed by atoms with Crippen LogP contribution in [0.4, 0.5) is 18.3 Å². The van der Waals surface area contributed by atoms with Gasteiger partial charge in [-0.25, -0.2) is 4.98 Å². The van der Waals surface area contributed by atoms with Crippen LogP contribution in [0.3, 0.4) is 0 Å². The Morgan fingerprint density at radius 1 is 1.07 bits per heavy atom. The lowest BCUT2D eigenvalue weighted by Crippen LogP contribution is -2.38. The van der Waals surface area contributed by atoms with Gasteiger partial charge in [-0.3, -0.25) is 0 Å². The van der Waals surface area contributed by atoms with Gasteiger partial charge in [-0.15, -0.1) is 0 Å². The molecule has 1 aromatic heterocycles. The molecule has 0 aliphatic carbocycles. The third-order valence-electron chi connectivity index (χ3n) is 4.58. The Balaban J connectivity index is 1.38. The first-order valence-electron chi connectivity index (χ1n) is 8.57. The number of nitrogens with zero attached hydrogens (tertiary/aromatic N) is 2. The SMILES string of the molecule is Oc1cccc2sc(N3CCC(Oc4ccc(C(F)(F)F)cc4)CC3)nc12. The molecule has 1 aliphatic rings. The Labute approximate surface area is 157 Å². The lowest BCUT2D eigenvalue weighted by Gasteiger charge is -2.32. The van der Waals surface area contributed by atoms with Crippen molar-refractivity contribution in [2.45, 2.75) is 25.1 Å². The zero-order chi connectivity index (χ0) is 19.0. The number of anilines is 1. The molecule has 8 heteroatoms. The molecule has 0 amide bonds. The zero-order valence-electron chi connectivity index (χ0n) is 14.2. The summed E-state index contributed by atoms with van der Waals surface area (Å²) in [5, 5.41) is 10.8. The molecule has 0 spiro atoms. The monoisotopic (exact) mass is 394 g/mol. The maximum atomic E-state index is 12.6. The smallest absolute Gasteiger partial charge is 0.416 e. The molecule has 1 saturated heterocycles. The Bertz CT molecular complexity index is 932. The van der Waals surface area contributed by atoms with E-state index in [1.54, 1.807) is 12.1 Å². The Morgan fingerprint density at radius 3 is 2.41 bits per heavy atom. The summed E-state index contributed by atoms with van der Waals surface area (Å²) in [7, 11) is 0. The van der Waals surface area contributed by atoms with E-state index in [4.69, 9.17) is 4.74 Å². The number of para-hydroxylation sites is 1. The number of halogens is 3. The van der Waals surface area contributed by atoms with Crippen LogP contribution in [0.1, 0.15) is 18.4 Å². The fourth-order valence-electron chi connectivity index (χ4n) is 3.14. The number of benzene rings is 2. The molecule has 2 aromatic carbocycles. The predicted octanol–water partition coefficient (Wildman–Crippen LogP) is 5.07. The number of piperidine rings is 1. The topological polar surface area (TPSA) is 45.6 Å². The second-order valence-electron chi connectivity index (χ2n) is 6.45. The first-order chi connectivity index (χ1) is 12.9. The number of rotatable bonds is 3. The van der Waals surface area contributed by atoms with Crippen molar-refractivity contribution in [3.8, 4) is 11.5 Å². The van der Waals surface area contributed by atoms with Gasteiger partial charge in [0.2, 0.25) is 0 Å². The van der Waals surface area contributed by atoms with Gasteiger partial charge in [0.1, 0.15) is 23.1 Å². The number of alkyl halides is 3. The van der Waals surface area contributed by atoms with Crippen LogP contribution in [0, 0.1) is 0 Å². The van der Waals surface area contributed by atoms with E-state index in [0.29, 0.717) is 11.3 Å². The van der Waals surface area contributed by atoms with E-state index < -0.39 is 11.7 Å². The number of aromatic hydroxyl groups is 1. The maximum Gasteiger partial charge on any atom is 0.416 e. The third-order valence-corrected chi connectivity index (χ3v) is 5.66. The normalized spacial score (nSPS) is 16.0. The highest BCUT2D eigenvalue weighted by Gasteiger charge is 2.30. The average Bonchev–Trinajstić information content (AvgIpc) is 3.08. The van der Waals surface area contributed by atoms with Gasteiger partial charge in [-0.05, 0) is 36.4 Å². The predicted molar refractivity (Wildman–Crippen MR) is 98.6 cm³/mol. The quantitative estimate of drug-likeness (QED) is 0.674. The van der Waals surface area contributed by atoms with Crippen LogP contribution in [0.15, 0.2) is 42.5 Å². The second-order valence-corrected chi connectivity index (χ2v) is 7.46. The minimum atomic E-state index is -4.34. The Kier molecular flexibility index (Phi) is 4.59. The van der Waals surface area contributed by atoms with Crippen molar-refractivity contribution in [3.05, 3.63) is 48.0 Å². The number of hydrogen-bond acceptors (Lipinski definition) is 5. The first kappa shape index (κ1) is 17.9. The van der Waals surface area contributed by atoms with E-state index >= 15 is 0 Å². The summed E-state index contributed by atoms with van der Waals surface area (Å²) in [6.45, 7) is 1.48. The highest BCUT2D eigenvalue weighted by molar-refractivity contribution is 7.22. The summed E-state index contributed by atoms with van der Waals surface area (Å²) >= 11 is 1.53. The van der Waals surface area contributed by atoms with Crippen molar-refractivity contribution in [1.82, 2.24) is 4.98 Å². The van der Waals surface area contributed by atoms with Gasteiger partial charge in [-0.1, -0.05) is 17.4 Å². The third kappa shape index (κ3) is 3.80. The van der Waals surface area contributed by atoms with Crippen LogP contribution in [-0.4, -0.2) is 29.3 Å². The molecule has 0 saturated carbocycles. The summed E-state index contributed by atoms with van der Waals surface area (Å²) in [5.74, 6) is 0.627. The number of phenols is 1. The van der Waals surface area contributed by atoms with Crippen LogP contribution < -0.4 is 9.64 Å². The van der Waals surface area contributed by atoms with Crippen molar-refractivity contribution in [2.75, 3.05) is 18.0 Å². The Morgan fingerprint density at radius 2 is 1.78 bits per heavy atom. The van der Waals surface area contributed by atoms with E-state index in [2.05, 4.69) is 9.88 Å². The molecule has 27 heavy (non-hydrogen) atoms. The number of hydrogen-bond donors (Lipinski definition) is 1. The molecule has 4 nitrogen and oxygen atoms in total. The van der Waals surface area contributed by atoms with Gasteiger partial charge in [0.05, 0.1) is 10.3 Å². The molecule has 0 bridgehead atoms. The van der Waals surface area contributed by atoms with Crippen molar-refractivity contribution in [1.29, 1.82) is 0 Å². The molecule has 1 aliphatic heterocycles. The summed E-state index contributed by atoms with van der Waals surface area (Å²) in [6.07, 6.45) is -2.87. The van der Waals surface area contributed by atoms with Gasteiger partial charge < -0.3 is 14.7 Å². The van der Waals surface area contributed by atoms with E-state index in [1.165, 1.54) is 23.5 Å². The Hall–Kier alpha value is -2.48. The summed E-state index contributed by atoms with van der Waals surface area (Å²) in [5.41, 5.74) is -0.0654. The highest BCUT2D eigenvalue weighted by atomic mass is 32.1. The fraction of sp³-hybridized carbons (Fsp3) is 0.316. The standard InChI is InChI=1S/C19H17F3N2O2S/c20-19(21,22)12-4-6-13(7-5-12)26-14-8-10-24(11-9-14)18-23-17-15(25)2-1-3-16(17)27-18/h1-7,14,25H,8-11H2. The van der Waals surface area contributed by atoms with Gasteiger partial charge in [0.15, 0.2) is 5.13 Å². The minimum absolute atomic E-state index is 0.0410. The zero-order valence-corrected chi connectivity index (χ0v) is 15.1. The summed E-state index contributed by atoms with van der Waals surface area (Å²) < 4.78 is 44.6. The average molecular weight is 394 g/mol. The molecule has 0 unspecified atom stereocenters. The summed E-state index contributed by atoms with van der Waals surface area (Å²) in [6, 6.07) is 10.2. The molecule has 2 heterocycles. The van der Waals surface area contributed by atoms with Crippen LogP contribution in [0.2, 0.25) is 0 Å². The van der Waals surface area contributed by atoms with Gasteiger partial charge in [-0.2, -0.15) is 13.2 Å². The summed E-state index contributed by atoms with van der Waals surface area (Å²) in [4.78, 5) is 6.67. The number of ether oxygens (including phenoxy) is 1. The lowest BCUT2D eigenvalue weighted by molar-refractivity contribution is -0.137. The van der Waals surface area contributed by atoms with E-state index in [9.17, 15) is 18.3 Å². The number of thiazole rings is 1. The molecule has 4 rings (SSSR count). The van der Waals surface area contributed by atoms with Crippen molar-refractivity contribution >= 4 is 26.7 Å². The van der Waals surface area contributed by atoms with Gasteiger partial charge >= 0.3 is 6.18 Å². The van der Waals surface area contributed by atoms with Crippen LogP contribution >= 0.6 is 11.3 Å². The first-order valence-corrected chi connectivity index (χ1v) is 9.39. The highest BCUT2D eigenvalue weighted by Crippen LogP contribution is 2.35. The number of aromatic nitrogens is 1. The largest absolute Gasteiger partial charge is 0.506 e.